The lowest BCUT2D eigenvalue weighted by molar-refractivity contribution is 0.706. The summed E-state index contributed by atoms with van der Waals surface area (Å²) < 4.78 is 0. The van der Waals surface area contributed by atoms with Crippen LogP contribution in [0.5, 0.6) is 0 Å². The van der Waals surface area contributed by atoms with Crippen LogP contribution >= 0.6 is 0 Å². The molecule has 1 aromatic heterocycles. The van der Waals surface area contributed by atoms with Gasteiger partial charge in [-0.3, -0.25) is 5.10 Å². The van der Waals surface area contributed by atoms with E-state index < -0.39 is 0 Å². The van der Waals surface area contributed by atoms with Gasteiger partial charge in [-0.2, -0.15) is 5.10 Å². The lowest BCUT2D eigenvalue weighted by atomic mass is 10.1. The molecule has 2 aromatic rings. The average Bonchev–Trinajstić information content (AvgIpc) is 3.00. The van der Waals surface area contributed by atoms with E-state index in [1.165, 1.54) is 5.56 Å². The molecule has 0 spiro atoms. The SMILES string of the molecule is Cc1ccccc1-c1n[nH]c(C2CCNC2)n1. The van der Waals surface area contributed by atoms with Crippen molar-refractivity contribution < 1.29 is 0 Å². The van der Waals surface area contributed by atoms with E-state index in [-0.39, 0.29) is 0 Å². The summed E-state index contributed by atoms with van der Waals surface area (Å²) in [5, 5.41) is 10.7. The molecule has 88 valence electrons. The van der Waals surface area contributed by atoms with Gasteiger partial charge in [0.2, 0.25) is 0 Å². The maximum atomic E-state index is 4.62. The summed E-state index contributed by atoms with van der Waals surface area (Å²) in [6.45, 7) is 4.16. The van der Waals surface area contributed by atoms with Crippen LogP contribution in [0, 0.1) is 6.92 Å². The van der Waals surface area contributed by atoms with Crippen LogP contribution in [-0.2, 0) is 0 Å². The largest absolute Gasteiger partial charge is 0.316 e. The van der Waals surface area contributed by atoms with E-state index in [9.17, 15) is 0 Å². The van der Waals surface area contributed by atoms with Crippen LogP contribution in [0.3, 0.4) is 0 Å². The predicted octanol–water partition coefficient (Wildman–Crippen LogP) is 1.86. The van der Waals surface area contributed by atoms with E-state index in [2.05, 4.69) is 39.6 Å². The van der Waals surface area contributed by atoms with Crippen molar-refractivity contribution in [1.29, 1.82) is 0 Å². The molecule has 0 amide bonds. The number of nitrogens with zero attached hydrogens (tertiary/aromatic N) is 2. The molecule has 0 bridgehead atoms. The first kappa shape index (κ1) is 10.5. The fraction of sp³-hybridized carbons (Fsp3) is 0.385. The summed E-state index contributed by atoms with van der Waals surface area (Å²) in [6, 6.07) is 8.21. The summed E-state index contributed by atoms with van der Waals surface area (Å²) in [7, 11) is 0. The van der Waals surface area contributed by atoms with Crippen LogP contribution in [0.2, 0.25) is 0 Å². The molecule has 0 saturated carbocycles. The Balaban J connectivity index is 1.92. The summed E-state index contributed by atoms with van der Waals surface area (Å²) in [4.78, 5) is 4.62. The van der Waals surface area contributed by atoms with Crippen molar-refractivity contribution in [1.82, 2.24) is 20.5 Å². The van der Waals surface area contributed by atoms with E-state index in [1.54, 1.807) is 0 Å². The van der Waals surface area contributed by atoms with Gasteiger partial charge in [0.1, 0.15) is 5.82 Å². The Bertz CT molecular complexity index is 512. The van der Waals surface area contributed by atoms with Crippen LogP contribution in [0.1, 0.15) is 23.7 Å². The van der Waals surface area contributed by atoms with Gasteiger partial charge < -0.3 is 5.32 Å². The minimum atomic E-state index is 0.486. The quantitative estimate of drug-likeness (QED) is 0.825. The van der Waals surface area contributed by atoms with Gasteiger partial charge in [0.05, 0.1) is 0 Å². The van der Waals surface area contributed by atoms with Gasteiger partial charge in [-0.05, 0) is 25.5 Å². The molecule has 3 rings (SSSR count). The minimum absolute atomic E-state index is 0.486. The molecular formula is C13H16N4. The number of aryl methyl sites for hydroxylation is 1. The highest BCUT2D eigenvalue weighted by atomic mass is 15.2. The van der Waals surface area contributed by atoms with Crippen LogP contribution in [0.15, 0.2) is 24.3 Å². The number of hydrogen-bond acceptors (Lipinski definition) is 3. The maximum Gasteiger partial charge on any atom is 0.181 e. The maximum absolute atomic E-state index is 4.62. The lowest BCUT2D eigenvalue weighted by Gasteiger charge is -2.02. The van der Waals surface area contributed by atoms with Gasteiger partial charge in [-0.25, -0.2) is 4.98 Å². The first-order valence-corrected chi connectivity index (χ1v) is 6.03. The zero-order chi connectivity index (χ0) is 11.7. The van der Waals surface area contributed by atoms with Gasteiger partial charge >= 0.3 is 0 Å². The first-order chi connectivity index (χ1) is 8.34. The fourth-order valence-electron chi connectivity index (χ4n) is 2.29. The van der Waals surface area contributed by atoms with E-state index in [0.29, 0.717) is 5.92 Å². The second-order valence-corrected chi connectivity index (χ2v) is 4.55. The van der Waals surface area contributed by atoms with Gasteiger partial charge in [-0.1, -0.05) is 24.3 Å². The van der Waals surface area contributed by atoms with Crippen molar-refractivity contribution in [3.05, 3.63) is 35.7 Å². The van der Waals surface area contributed by atoms with Crippen molar-refractivity contribution in [3.63, 3.8) is 0 Å². The smallest absolute Gasteiger partial charge is 0.181 e. The number of nitrogens with one attached hydrogen (secondary N) is 2. The van der Waals surface area contributed by atoms with Crippen molar-refractivity contribution in [3.8, 4) is 11.4 Å². The van der Waals surface area contributed by atoms with Crippen molar-refractivity contribution >= 4 is 0 Å². The summed E-state index contributed by atoms with van der Waals surface area (Å²) >= 11 is 0. The van der Waals surface area contributed by atoms with E-state index in [0.717, 1.165) is 36.7 Å². The number of aromatic amines is 1. The normalized spacial score (nSPS) is 19.7. The third-order valence-electron chi connectivity index (χ3n) is 3.34. The third kappa shape index (κ3) is 1.96. The molecule has 1 unspecified atom stereocenters. The molecule has 2 N–H and O–H groups in total. The first-order valence-electron chi connectivity index (χ1n) is 6.03. The Labute approximate surface area is 100 Å². The molecule has 1 saturated heterocycles. The van der Waals surface area contributed by atoms with E-state index in [1.807, 2.05) is 12.1 Å². The van der Waals surface area contributed by atoms with Crippen LogP contribution < -0.4 is 5.32 Å². The monoisotopic (exact) mass is 228 g/mol. The molecule has 2 heterocycles. The Morgan fingerprint density at radius 2 is 2.18 bits per heavy atom. The predicted molar refractivity (Wildman–Crippen MR) is 66.8 cm³/mol. The van der Waals surface area contributed by atoms with Gasteiger partial charge in [-0.15, -0.1) is 0 Å². The number of H-pyrrole nitrogens is 1. The van der Waals surface area contributed by atoms with Crippen LogP contribution in [-0.4, -0.2) is 28.3 Å². The standard InChI is InChI=1S/C13H16N4/c1-9-4-2-3-5-11(9)13-15-12(16-17-13)10-6-7-14-8-10/h2-5,10,14H,6-8H2,1H3,(H,15,16,17). The molecule has 1 atom stereocenters. The Morgan fingerprint density at radius 3 is 2.94 bits per heavy atom. The Kier molecular flexibility index (Phi) is 2.65. The molecule has 4 heteroatoms. The molecule has 4 nitrogen and oxygen atoms in total. The van der Waals surface area contributed by atoms with Gasteiger partial charge in [0, 0.05) is 18.0 Å². The highest BCUT2D eigenvalue weighted by Gasteiger charge is 2.20. The van der Waals surface area contributed by atoms with Crippen molar-refractivity contribution in [2.75, 3.05) is 13.1 Å². The molecule has 1 aromatic carbocycles. The van der Waals surface area contributed by atoms with E-state index in [4.69, 9.17) is 0 Å². The highest BCUT2D eigenvalue weighted by Crippen LogP contribution is 2.23. The van der Waals surface area contributed by atoms with Gasteiger partial charge in [0.25, 0.3) is 0 Å². The van der Waals surface area contributed by atoms with Gasteiger partial charge in [0.15, 0.2) is 5.82 Å². The molecule has 1 aliphatic rings. The Morgan fingerprint density at radius 1 is 1.29 bits per heavy atom. The zero-order valence-corrected chi connectivity index (χ0v) is 9.90. The molecular weight excluding hydrogens is 212 g/mol. The molecule has 17 heavy (non-hydrogen) atoms. The average molecular weight is 228 g/mol. The third-order valence-corrected chi connectivity index (χ3v) is 3.34. The summed E-state index contributed by atoms with van der Waals surface area (Å²) in [5.41, 5.74) is 2.32. The number of aromatic nitrogens is 3. The highest BCUT2D eigenvalue weighted by molar-refractivity contribution is 5.59. The minimum Gasteiger partial charge on any atom is -0.316 e. The second-order valence-electron chi connectivity index (χ2n) is 4.55. The molecule has 1 aliphatic heterocycles. The number of hydrogen-bond donors (Lipinski definition) is 2. The molecule has 1 fully saturated rings. The van der Waals surface area contributed by atoms with Crippen molar-refractivity contribution in [2.45, 2.75) is 19.3 Å². The lowest BCUT2D eigenvalue weighted by Crippen LogP contribution is -2.08. The molecule has 0 aliphatic carbocycles. The summed E-state index contributed by atoms with van der Waals surface area (Å²) in [6.07, 6.45) is 1.14. The van der Waals surface area contributed by atoms with Crippen molar-refractivity contribution in [2.24, 2.45) is 0 Å². The van der Waals surface area contributed by atoms with E-state index >= 15 is 0 Å². The number of benzene rings is 1. The summed E-state index contributed by atoms with van der Waals surface area (Å²) in [5.74, 6) is 2.30. The Hall–Kier alpha value is -1.68. The van der Waals surface area contributed by atoms with Crippen LogP contribution in [0.4, 0.5) is 0 Å². The second kappa shape index (κ2) is 4.30. The topological polar surface area (TPSA) is 53.6 Å². The number of rotatable bonds is 2. The van der Waals surface area contributed by atoms with Crippen LogP contribution in [0.25, 0.3) is 11.4 Å². The zero-order valence-electron chi connectivity index (χ0n) is 9.90. The molecule has 0 radical (unpaired) electrons. The fourth-order valence-corrected chi connectivity index (χ4v) is 2.29.